The average molecular weight is 396 g/mol. The van der Waals surface area contributed by atoms with Crippen LogP contribution < -0.4 is 14.8 Å². The van der Waals surface area contributed by atoms with Crippen molar-refractivity contribution >= 4 is 17.5 Å². The molecule has 1 aliphatic rings. The van der Waals surface area contributed by atoms with Gasteiger partial charge < -0.3 is 19.7 Å². The number of methoxy groups -OCH3 is 2. The van der Waals surface area contributed by atoms with Gasteiger partial charge in [-0.3, -0.25) is 9.59 Å². The van der Waals surface area contributed by atoms with Crippen molar-refractivity contribution in [3.05, 3.63) is 53.6 Å². The summed E-state index contributed by atoms with van der Waals surface area (Å²) in [6.07, 6.45) is 0.225. The minimum Gasteiger partial charge on any atom is -0.493 e. The third-order valence-corrected chi connectivity index (χ3v) is 5.25. The van der Waals surface area contributed by atoms with Gasteiger partial charge in [0.15, 0.2) is 11.5 Å². The molecule has 1 N–H and O–H groups in total. The molecule has 1 atom stereocenters. The number of carbonyl (C=O) groups excluding carboxylic acids is 2. The lowest BCUT2D eigenvalue weighted by Gasteiger charge is -2.18. The Morgan fingerprint density at radius 3 is 2.55 bits per heavy atom. The molecule has 6 heteroatoms. The van der Waals surface area contributed by atoms with E-state index in [1.165, 1.54) is 0 Å². The first-order chi connectivity index (χ1) is 13.9. The van der Waals surface area contributed by atoms with Crippen molar-refractivity contribution in [2.24, 2.45) is 5.92 Å². The van der Waals surface area contributed by atoms with Gasteiger partial charge in [0.05, 0.1) is 20.1 Å². The predicted octanol–water partition coefficient (Wildman–Crippen LogP) is 3.81. The van der Waals surface area contributed by atoms with E-state index >= 15 is 0 Å². The summed E-state index contributed by atoms with van der Waals surface area (Å²) in [5.74, 6) is 1.08. The van der Waals surface area contributed by atoms with Gasteiger partial charge in [0, 0.05) is 25.2 Å². The van der Waals surface area contributed by atoms with E-state index in [0.717, 1.165) is 16.8 Å². The Hall–Kier alpha value is -3.02. The Morgan fingerprint density at radius 1 is 1.14 bits per heavy atom. The van der Waals surface area contributed by atoms with Crippen molar-refractivity contribution in [2.45, 2.75) is 32.7 Å². The summed E-state index contributed by atoms with van der Waals surface area (Å²) in [5.41, 5.74) is 2.84. The summed E-state index contributed by atoms with van der Waals surface area (Å²) in [7, 11) is 3.17. The number of nitrogens with zero attached hydrogens (tertiary/aromatic N) is 1. The molecule has 1 aliphatic heterocycles. The number of para-hydroxylation sites is 1. The first-order valence-electron chi connectivity index (χ1n) is 9.81. The number of ether oxygens (including phenoxy) is 2. The van der Waals surface area contributed by atoms with E-state index in [9.17, 15) is 9.59 Å². The highest BCUT2D eigenvalue weighted by atomic mass is 16.5. The molecule has 0 saturated carbocycles. The molecule has 2 amide bonds. The number of amides is 2. The van der Waals surface area contributed by atoms with Crippen molar-refractivity contribution < 1.29 is 19.1 Å². The zero-order valence-electron chi connectivity index (χ0n) is 17.4. The highest BCUT2D eigenvalue weighted by Crippen LogP contribution is 2.30. The highest BCUT2D eigenvalue weighted by Gasteiger charge is 2.34. The van der Waals surface area contributed by atoms with Crippen LogP contribution in [0, 0.1) is 5.92 Å². The Kier molecular flexibility index (Phi) is 6.42. The molecule has 6 nitrogen and oxygen atoms in total. The number of anilines is 1. The minimum absolute atomic E-state index is 0.0166. The molecule has 0 radical (unpaired) electrons. The molecule has 29 heavy (non-hydrogen) atoms. The maximum Gasteiger partial charge on any atom is 0.229 e. The van der Waals surface area contributed by atoms with Crippen molar-refractivity contribution in [2.75, 3.05) is 26.1 Å². The first kappa shape index (κ1) is 20.7. The topological polar surface area (TPSA) is 67.9 Å². The summed E-state index contributed by atoms with van der Waals surface area (Å²) in [6, 6.07) is 13.4. The van der Waals surface area contributed by atoms with E-state index in [2.05, 4.69) is 19.2 Å². The fraction of sp³-hybridized carbons (Fsp3) is 0.391. The van der Waals surface area contributed by atoms with Crippen LogP contribution in [0.5, 0.6) is 11.5 Å². The molecule has 1 unspecified atom stereocenters. The van der Waals surface area contributed by atoms with E-state index in [1.54, 1.807) is 19.1 Å². The first-order valence-corrected chi connectivity index (χ1v) is 9.81. The monoisotopic (exact) mass is 396 g/mol. The van der Waals surface area contributed by atoms with Crippen LogP contribution in [0.25, 0.3) is 0 Å². The summed E-state index contributed by atoms with van der Waals surface area (Å²) in [5, 5.41) is 3.02. The molecule has 2 aromatic carbocycles. The van der Waals surface area contributed by atoms with Gasteiger partial charge in [-0.25, -0.2) is 0 Å². The van der Waals surface area contributed by atoms with Gasteiger partial charge in [0.2, 0.25) is 11.8 Å². The largest absolute Gasteiger partial charge is 0.493 e. The van der Waals surface area contributed by atoms with Crippen molar-refractivity contribution in [1.82, 2.24) is 4.90 Å². The fourth-order valence-electron chi connectivity index (χ4n) is 3.65. The smallest absolute Gasteiger partial charge is 0.229 e. The van der Waals surface area contributed by atoms with Gasteiger partial charge in [-0.05, 0) is 35.2 Å². The van der Waals surface area contributed by atoms with Crippen LogP contribution >= 0.6 is 0 Å². The molecule has 154 valence electrons. The van der Waals surface area contributed by atoms with Gasteiger partial charge >= 0.3 is 0 Å². The number of likely N-dealkylation sites (tertiary alicyclic amines) is 1. The molecule has 3 rings (SSSR count). The number of benzene rings is 2. The molecule has 1 saturated heterocycles. The van der Waals surface area contributed by atoms with E-state index < -0.39 is 0 Å². The zero-order valence-corrected chi connectivity index (χ0v) is 17.4. The van der Waals surface area contributed by atoms with E-state index in [-0.39, 0.29) is 24.2 Å². The molecule has 2 aromatic rings. The molecular formula is C23H28N2O4. The van der Waals surface area contributed by atoms with Crippen LogP contribution in [-0.2, 0) is 16.1 Å². The molecule has 1 heterocycles. The molecule has 0 spiro atoms. The Balaban J connectivity index is 1.67. The van der Waals surface area contributed by atoms with E-state index in [4.69, 9.17) is 9.47 Å². The second kappa shape index (κ2) is 8.99. The quantitative estimate of drug-likeness (QED) is 0.773. The lowest BCUT2D eigenvalue weighted by Crippen LogP contribution is -2.28. The van der Waals surface area contributed by atoms with Gasteiger partial charge in [0.1, 0.15) is 0 Å². The summed E-state index contributed by atoms with van der Waals surface area (Å²) in [6.45, 7) is 5.03. The van der Waals surface area contributed by atoms with Gasteiger partial charge in [-0.15, -0.1) is 0 Å². The number of nitrogens with one attached hydrogen (secondary N) is 1. The molecule has 0 bridgehead atoms. The second-order valence-electron chi connectivity index (χ2n) is 7.60. The minimum atomic E-state index is -0.358. The normalized spacial score (nSPS) is 16.2. The van der Waals surface area contributed by atoms with E-state index in [0.29, 0.717) is 30.5 Å². The standard InChI is InChI=1S/C23H28N2O4/c1-15(2)18-7-5-6-8-19(18)24-23(27)17-12-22(26)25(14-17)13-16-9-10-20(28-3)21(11-16)29-4/h5-11,15,17H,12-14H2,1-4H3,(H,24,27). The van der Waals surface area contributed by atoms with Crippen molar-refractivity contribution in [1.29, 1.82) is 0 Å². The number of hydrogen-bond donors (Lipinski definition) is 1. The van der Waals surface area contributed by atoms with Crippen LogP contribution in [0.3, 0.4) is 0 Å². The Labute approximate surface area is 171 Å². The van der Waals surface area contributed by atoms with Crippen LogP contribution in [-0.4, -0.2) is 37.5 Å². The Morgan fingerprint density at radius 2 is 1.86 bits per heavy atom. The summed E-state index contributed by atoms with van der Waals surface area (Å²) in [4.78, 5) is 27.0. The maximum atomic E-state index is 12.8. The molecule has 0 aromatic heterocycles. The second-order valence-corrected chi connectivity index (χ2v) is 7.60. The van der Waals surface area contributed by atoms with Crippen molar-refractivity contribution in [3.8, 4) is 11.5 Å². The summed E-state index contributed by atoms with van der Waals surface area (Å²) < 4.78 is 10.6. The van der Waals surface area contributed by atoms with E-state index in [1.807, 2.05) is 42.5 Å². The predicted molar refractivity (Wildman–Crippen MR) is 112 cm³/mol. The SMILES string of the molecule is COc1ccc(CN2CC(C(=O)Nc3ccccc3C(C)C)CC2=O)cc1OC. The molecular weight excluding hydrogens is 368 g/mol. The lowest BCUT2D eigenvalue weighted by atomic mass is 10.0. The number of hydrogen-bond acceptors (Lipinski definition) is 4. The van der Waals surface area contributed by atoms with Crippen molar-refractivity contribution in [3.63, 3.8) is 0 Å². The third kappa shape index (κ3) is 4.70. The van der Waals surface area contributed by atoms with Gasteiger partial charge in [-0.1, -0.05) is 38.1 Å². The maximum absolute atomic E-state index is 12.8. The lowest BCUT2D eigenvalue weighted by molar-refractivity contribution is -0.128. The fourth-order valence-corrected chi connectivity index (χ4v) is 3.65. The highest BCUT2D eigenvalue weighted by molar-refractivity contribution is 5.97. The zero-order chi connectivity index (χ0) is 21.0. The Bertz CT molecular complexity index is 894. The number of rotatable bonds is 7. The average Bonchev–Trinajstić information content (AvgIpc) is 3.08. The third-order valence-electron chi connectivity index (χ3n) is 5.25. The summed E-state index contributed by atoms with van der Waals surface area (Å²) >= 11 is 0. The van der Waals surface area contributed by atoms with Gasteiger partial charge in [-0.2, -0.15) is 0 Å². The number of carbonyl (C=O) groups is 2. The van der Waals surface area contributed by atoms with Crippen LogP contribution in [0.1, 0.15) is 37.3 Å². The van der Waals surface area contributed by atoms with Crippen LogP contribution in [0.2, 0.25) is 0 Å². The van der Waals surface area contributed by atoms with Crippen LogP contribution in [0.15, 0.2) is 42.5 Å². The van der Waals surface area contributed by atoms with Crippen LogP contribution in [0.4, 0.5) is 5.69 Å². The van der Waals surface area contributed by atoms with Gasteiger partial charge in [0.25, 0.3) is 0 Å². The molecule has 0 aliphatic carbocycles. The molecule has 1 fully saturated rings.